The molecule has 2 atom stereocenters. The lowest BCUT2D eigenvalue weighted by atomic mass is 9.62. The van der Waals surface area contributed by atoms with E-state index in [0.29, 0.717) is 18.8 Å². The first-order valence-electron chi connectivity index (χ1n) is 5.83. The molecule has 0 aromatic heterocycles. The van der Waals surface area contributed by atoms with E-state index in [-0.39, 0.29) is 17.2 Å². The second-order valence-electron chi connectivity index (χ2n) is 5.52. The molecule has 15 heavy (non-hydrogen) atoms. The number of carbonyl (C=O) groups excluding carboxylic acids is 2. The third-order valence-corrected chi connectivity index (χ3v) is 4.21. The van der Waals surface area contributed by atoms with Crippen LogP contribution < -0.4 is 5.32 Å². The number of hydrogen-bond acceptors (Lipinski definition) is 2. The molecule has 2 unspecified atom stereocenters. The molecular weight excluding hydrogens is 190 g/mol. The summed E-state index contributed by atoms with van der Waals surface area (Å²) >= 11 is 0. The van der Waals surface area contributed by atoms with Gasteiger partial charge < -0.3 is 0 Å². The van der Waals surface area contributed by atoms with E-state index in [0.717, 1.165) is 25.2 Å². The van der Waals surface area contributed by atoms with Crippen LogP contribution in [-0.4, -0.2) is 11.8 Å². The fourth-order valence-electron chi connectivity index (χ4n) is 3.11. The molecule has 1 saturated heterocycles. The number of imide groups is 1. The number of piperidine rings is 1. The molecule has 2 amide bonds. The first kappa shape index (κ1) is 10.7. The maximum absolute atomic E-state index is 11.4. The zero-order valence-corrected chi connectivity index (χ0v) is 9.51. The van der Waals surface area contributed by atoms with Crippen LogP contribution in [0.4, 0.5) is 0 Å². The molecule has 3 nitrogen and oxygen atoms in total. The molecule has 1 aliphatic carbocycles. The molecule has 2 rings (SSSR count). The van der Waals surface area contributed by atoms with Gasteiger partial charge in [-0.25, -0.2) is 0 Å². The Bertz CT molecular complexity index is 282. The van der Waals surface area contributed by atoms with Gasteiger partial charge in [0.2, 0.25) is 11.8 Å². The van der Waals surface area contributed by atoms with Gasteiger partial charge in [0.1, 0.15) is 0 Å². The third-order valence-electron chi connectivity index (χ3n) is 4.21. The summed E-state index contributed by atoms with van der Waals surface area (Å²) in [7, 11) is 0. The maximum atomic E-state index is 11.4. The predicted molar refractivity (Wildman–Crippen MR) is 57.0 cm³/mol. The molecular formula is C12H19NO2. The Morgan fingerprint density at radius 3 is 2.27 bits per heavy atom. The summed E-state index contributed by atoms with van der Waals surface area (Å²) in [6.07, 6.45) is 4.33. The highest BCUT2D eigenvalue weighted by Gasteiger charge is 2.43. The van der Waals surface area contributed by atoms with E-state index in [9.17, 15) is 9.59 Å². The first-order chi connectivity index (χ1) is 7.01. The van der Waals surface area contributed by atoms with Crippen molar-refractivity contribution in [3.05, 3.63) is 0 Å². The Morgan fingerprint density at radius 2 is 1.73 bits per heavy atom. The average Bonchev–Trinajstić information content (AvgIpc) is 2.10. The zero-order valence-electron chi connectivity index (χ0n) is 9.51. The second kappa shape index (κ2) is 3.62. The van der Waals surface area contributed by atoms with Crippen LogP contribution in [0.25, 0.3) is 0 Å². The van der Waals surface area contributed by atoms with Crippen molar-refractivity contribution in [3.63, 3.8) is 0 Å². The summed E-state index contributed by atoms with van der Waals surface area (Å²) in [6, 6.07) is 0. The number of nitrogens with one attached hydrogen (secondary N) is 1. The zero-order chi connectivity index (χ0) is 11.1. The van der Waals surface area contributed by atoms with Crippen LogP contribution in [0, 0.1) is 17.3 Å². The smallest absolute Gasteiger partial charge is 0.227 e. The van der Waals surface area contributed by atoms with E-state index in [1.54, 1.807) is 0 Å². The van der Waals surface area contributed by atoms with Crippen LogP contribution in [0.3, 0.4) is 0 Å². The topological polar surface area (TPSA) is 46.2 Å². The Labute approximate surface area is 90.6 Å². The SMILES string of the molecule is CC1CCC2(CC(=O)NC(=O)C2)CC1C. The second-order valence-corrected chi connectivity index (χ2v) is 5.52. The minimum absolute atomic E-state index is 0.00859. The highest BCUT2D eigenvalue weighted by molar-refractivity contribution is 5.98. The molecule has 1 aliphatic heterocycles. The van der Waals surface area contributed by atoms with E-state index >= 15 is 0 Å². The van der Waals surface area contributed by atoms with Crippen molar-refractivity contribution in [2.75, 3.05) is 0 Å². The van der Waals surface area contributed by atoms with Crippen LogP contribution in [0.2, 0.25) is 0 Å². The molecule has 1 spiro atoms. The van der Waals surface area contributed by atoms with E-state index < -0.39 is 0 Å². The predicted octanol–water partition coefficient (Wildman–Crippen LogP) is 1.87. The lowest BCUT2D eigenvalue weighted by molar-refractivity contribution is -0.140. The van der Waals surface area contributed by atoms with Gasteiger partial charge in [-0.05, 0) is 36.5 Å². The van der Waals surface area contributed by atoms with Gasteiger partial charge in [0.05, 0.1) is 0 Å². The van der Waals surface area contributed by atoms with Gasteiger partial charge in [-0.15, -0.1) is 0 Å². The molecule has 2 fully saturated rings. The average molecular weight is 209 g/mol. The van der Waals surface area contributed by atoms with E-state index in [4.69, 9.17) is 0 Å². The van der Waals surface area contributed by atoms with Gasteiger partial charge >= 0.3 is 0 Å². The normalized spacial score (nSPS) is 35.3. The fourth-order valence-corrected chi connectivity index (χ4v) is 3.11. The molecule has 1 heterocycles. The molecule has 3 heteroatoms. The lowest BCUT2D eigenvalue weighted by Crippen LogP contribution is -2.47. The van der Waals surface area contributed by atoms with Crippen molar-refractivity contribution in [3.8, 4) is 0 Å². The van der Waals surface area contributed by atoms with Crippen LogP contribution in [-0.2, 0) is 9.59 Å². The van der Waals surface area contributed by atoms with Crippen molar-refractivity contribution in [2.24, 2.45) is 17.3 Å². The van der Waals surface area contributed by atoms with E-state index in [2.05, 4.69) is 19.2 Å². The molecule has 0 bridgehead atoms. The summed E-state index contributed by atoms with van der Waals surface area (Å²) in [5.74, 6) is 1.22. The van der Waals surface area contributed by atoms with Gasteiger partial charge in [0, 0.05) is 12.8 Å². The summed E-state index contributed by atoms with van der Waals surface area (Å²) in [5, 5.41) is 2.40. The number of amides is 2. The number of carbonyl (C=O) groups is 2. The molecule has 0 aromatic rings. The summed E-state index contributed by atoms with van der Waals surface area (Å²) in [4.78, 5) is 22.8. The Balaban J connectivity index is 2.12. The highest BCUT2D eigenvalue weighted by atomic mass is 16.2. The summed E-state index contributed by atoms with van der Waals surface area (Å²) < 4.78 is 0. The van der Waals surface area contributed by atoms with Crippen molar-refractivity contribution in [2.45, 2.75) is 46.0 Å². The van der Waals surface area contributed by atoms with E-state index in [1.807, 2.05) is 0 Å². The quantitative estimate of drug-likeness (QED) is 0.619. The van der Waals surface area contributed by atoms with Crippen LogP contribution in [0.15, 0.2) is 0 Å². The number of hydrogen-bond donors (Lipinski definition) is 1. The number of rotatable bonds is 0. The van der Waals surface area contributed by atoms with Gasteiger partial charge in [0.25, 0.3) is 0 Å². The summed E-state index contributed by atoms with van der Waals surface area (Å²) in [5.41, 5.74) is -0.00859. The molecule has 0 aromatic carbocycles. The first-order valence-corrected chi connectivity index (χ1v) is 5.83. The van der Waals surface area contributed by atoms with Crippen LogP contribution in [0.1, 0.15) is 46.0 Å². The lowest BCUT2D eigenvalue weighted by Gasteiger charge is -2.44. The van der Waals surface area contributed by atoms with E-state index in [1.165, 1.54) is 0 Å². The maximum Gasteiger partial charge on any atom is 0.227 e. The fraction of sp³-hybridized carbons (Fsp3) is 0.833. The van der Waals surface area contributed by atoms with Crippen molar-refractivity contribution in [1.82, 2.24) is 5.32 Å². The molecule has 1 N–H and O–H groups in total. The van der Waals surface area contributed by atoms with Gasteiger partial charge in [-0.2, -0.15) is 0 Å². The Morgan fingerprint density at radius 1 is 1.13 bits per heavy atom. The Kier molecular flexibility index (Phi) is 2.57. The Hall–Kier alpha value is -0.860. The summed E-state index contributed by atoms with van der Waals surface area (Å²) in [6.45, 7) is 4.50. The minimum Gasteiger partial charge on any atom is -0.296 e. The van der Waals surface area contributed by atoms with Crippen molar-refractivity contribution < 1.29 is 9.59 Å². The largest absolute Gasteiger partial charge is 0.296 e. The molecule has 84 valence electrons. The van der Waals surface area contributed by atoms with Gasteiger partial charge in [-0.1, -0.05) is 13.8 Å². The molecule has 1 saturated carbocycles. The van der Waals surface area contributed by atoms with Crippen LogP contribution in [0.5, 0.6) is 0 Å². The van der Waals surface area contributed by atoms with Gasteiger partial charge in [0.15, 0.2) is 0 Å². The molecule has 0 radical (unpaired) electrons. The monoisotopic (exact) mass is 209 g/mol. The van der Waals surface area contributed by atoms with Gasteiger partial charge in [-0.3, -0.25) is 14.9 Å². The van der Waals surface area contributed by atoms with Crippen molar-refractivity contribution >= 4 is 11.8 Å². The van der Waals surface area contributed by atoms with Crippen molar-refractivity contribution in [1.29, 1.82) is 0 Å². The van der Waals surface area contributed by atoms with Crippen LogP contribution >= 0.6 is 0 Å². The molecule has 2 aliphatic rings. The third kappa shape index (κ3) is 2.06. The standard InChI is InChI=1S/C12H19NO2/c1-8-3-4-12(5-9(8)2)6-10(14)13-11(15)7-12/h8-9H,3-7H2,1-2H3,(H,13,14,15). The highest BCUT2D eigenvalue weighted by Crippen LogP contribution is 2.47. The minimum atomic E-state index is -0.0759.